The van der Waals surface area contributed by atoms with Gasteiger partial charge >= 0.3 is 0 Å². The fraction of sp³-hybridized carbons (Fsp3) is 0.280. The van der Waals surface area contributed by atoms with E-state index in [1.54, 1.807) is 48.5 Å². The minimum atomic E-state index is -0.830. The monoisotopic (exact) mass is 467 g/mol. The van der Waals surface area contributed by atoms with E-state index in [9.17, 15) is 14.7 Å². The van der Waals surface area contributed by atoms with Crippen LogP contribution in [-0.2, 0) is 19.0 Å². The SMILES string of the molecule is O=C(Nc1ccccc1O)C1=CC(c2coc3ccccc3c2=O)CC(OCCOCCO)O1. The number of amides is 1. The first kappa shape index (κ1) is 23.5. The number of aliphatic hydroxyl groups excluding tert-OH is 1. The van der Waals surface area contributed by atoms with E-state index in [0.29, 0.717) is 16.5 Å². The van der Waals surface area contributed by atoms with E-state index in [1.165, 1.54) is 12.3 Å². The number of phenols is 1. The van der Waals surface area contributed by atoms with Crippen LogP contribution in [0.2, 0.25) is 0 Å². The zero-order valence-electron chi connectivity index (χ0n) is 18.3. The lowest BCUT2D eigenvalue weighted by Crippen LogP contribution is -2.31. The molecule has 0 bridgehead atoms. The zero-order valence-corrected chi connectivity index (χ0v) is 18.3. The summed E-state index contributed by atoms with van der Waals surface area (Å²) in [6.45, 7) is 0.479. The summed E-state index contributed by atoms with van der Waals surface area (Å²) in [4.78, 5) is 26.1. The van der Waals surface area contributed by atoms with Gasteiger partial charge in [0.15, 0.2) is 11.2 Å². The molecule has 2 atom stereocenters. The van der Waals surface area contributed by atoms with E-state index in [2.05, 4.69) is 5.32 Å². The topological polar surface area (TPSA) is 127 Å². The molecule has 2 aromatic carbocycles. The molecule has 0 spiro atoms. The molecule has 0 fully saturated rings. The minimum absolute atomic E-state index is 0.0478. The predicted octanol–water partition coefficient (Wildman–Crippen LogP) is 2.88. The fourth-order valence-electron chi connectivity index (χ4n) is 3.65. The van der Waals surface area contributed by atoms with Crippen LogP contribution in [0.4, 0.5) is 5.69 Å². The van der Waals surface area contributed by atoms with Crippen molar-refractivity contribution in [2.75, 3.05) is 31.7 Å². The van der Waals surface area contributed by atoms with Gasteiger partial charge in [-0.3, -0.25) is 9.59 Å². The van der Waals surface area contributed by atoms with Gasteiger partial charge in [0.05, 0.1) is 43.8 Å². The van der Waals surface area contributed by atoms with Crippen LogP contribution < -0.4 is 10.7 Å². The van der Waals surface area contributed by atoms with E-state index < -0.39 is 18.1 Å². The number of aliphatic hydroxyl groups is 1. The second-order valence-corrected chi connectivity index (χ2v) is 7.61. The summed E-state index contributed by atoms with van der Waals surface area (Å²) in [6, 6.07) is 13.3. The number of carbonyl (C=O) groups excluding carboxylic acids is 1. The van der Waals surface area contributed by atoms with Crippen LogP contribution in [0.25, 0.3) is 11.0 Å². The Morgan fingerprint density at radius 3 is 2.71 bits per heavy atom. The van der Waals surface area contributed by atoms with Crippen molar-refractivity contribution in [1.82, 2.24) is 0 Å². The number of hydrogen-bond acceptors (Lipinski definition) is 8. The molecule has 0 saturated heterocycles. The smallest absolute Gasteiger partial charge is 0.290 e. The van der Waals surface area contributed by atoms with Gasteiger partial charge in [-0.15, -0.1) is 0 Å². The number of hydrogen-bond donors (Lipinski definition) is 3. The van der Waals surface area contributed by atoms with Crippen LogP contribution >= 0.6 is 0 Å². The summed E-state index contributed by atoms with van der Waals surface area (Å²) in [6.07, 6.45) is 2.40. The van der Waals surface area contributed by atoms with Crippen LogP contribution in [0.1, 0.15) is 17.9 Å². The van der Waals surface area contributed by atoms with E-state index in [1.807, 2.05) is 0 Å². The maximum atomic E-state index is 13.1. The highest BCUT2D eigenvalue weighted by molar-refractivity contribution is 6.03. The molecule has 1 aliphatic heterocycles. The third-order valence-corrected chi connectivity index (χ3v) is 5.31. The first-order chi connectivity index (χ1) is 16.6. The fourth-order valence-corrected chi connectivity index (χ4v) is 3.65. The van der Waals surface area contributed by atoms with Gasteiger partial charge < -0.3 is 34.2 Å². The van der Waals surface area contributed by atoms with E-state index >= 15 is 0 Å². The molecule has 0 aliphatic carbocycles. The number of anilines is 1. The molecule has 1 aromatic heterocycles. The highest BCUT2D eigenvalue weighted by Crippen LogP contribution is 2.32. The number of ether oxygens (including phenoxy) is 3. The Balaban J connectivity index is 1.60. The third kappa shape index (κ3) is 5.45. The molecule has 3 aromatic rings. The molecule has 4 rings (SSSR count). The van der Waals surface area contributed by atoms with Crippen molar-refractivity contribution in [1.29, 1.82) is 0 Å². The summed E-state index contributed by atoms with van der Waals surface area (Å²) < 4.78 is 22.3. The van der Waals surface area contributed by atoms with Crippen molar-refractivity contribution in [3.05, 3.63) is 82.4 Å². The van der Waals surface area contributed by atoms with Crippen LogP contribution in [0.5, 0.6) is 5.75 Å². The Bertz CT molecular complexity index is 1230. The summed E-state index contributed by atoms with van der Waals surface area (Å²) in [5.74, 6) is -1.24. The van der Waals surface area contributed by atoms with E-state index in [4.69, 9.17) is 23.7 Å². The summed E-state index contributed by atoms with van der Waals surface area (Å²) in [5, 5.41) is 21.8. The number of carbonyl (C=O) groups is 1. The van der Waals surface area contributed by atoms with Crippen molar-refractivity contribution in [3.63, 3.8) is 0 Å². The molecule has 2 unspecified atom stereocenters. The first-order valence-electron chi connectivity index (χ1n) is 10.9. The predicted molar refractivity (Wildman–Crippen MR) is 123 cm³/mol. The number of nitrogens with one attached hydrogen (secondary N) is 1. The Labute approximate surface area is 195 Å². The highest BCUT2D eigenvalue weighted by atomic mass is 16.7. The third-order valence-electron chi connectivity index (χ3n) is 5.31. The van der Waals surface area contributed by atoms with Gasteiger partial charge in [0.2, 0.25) is 6.29 Å². The number of aromatic hydroxyl groups is 1. The van der Waals surface area contributed by atoms with Gasteiger partial charge in [0.1, 0.15) is 11.3 Å². The van der Waals surface area contributed by atoms with Crippen molar-refractivity contribution in [2.45, 2.75) is 18.6 Å². The Morgan fingerprint density at radius 2 is 1.88 bits per heavy atom. The van der Waals surface area contributed by atoms with Gasteiger partial charge in [0.25, 0.3) is 5.91 Å². The first-order valence-corrected chi connectivity index (χ1v) is 10.9. The quantitative estimate of drug-likeness (QED) is 0.324. The number of benzene rings is 2. The average molecular weight is 467 g/mol. The molecule has 34 heavy (non-hydrogen) atoms. The Hall–Kier alpha value is -3.66. The molecular weight excluding hydrogens is 442 g/mol. The molecular formula is C25H25NO8. The molecule has 1 amide bonds. The Kier molecular flexibility index (Phi) is 7.58. The highest BCUT2D eigenvalue weighted by Gasteiger charge is 2.31. The van der Waals surface area contributed by atoms with Crippen molar-refractivity contribution >= 4 is 22.6 Å². The number of fused-ring (bicyclic) bond motifs is 1. The number of para-hydroxylation sites is 3. The lowest BCUT2D eigenvalue weighted by atomic mass is 9.93. The lowest BCUT2D eigenvalue weighted by Gasteiger charge is -2.29. The van der Waals surface area contributed by atoms with Gasteiger partial charge in [-0.2, -0.15) is 0 Å². The second-order valence-electron chi connectivity index (χ2n) is 7.61. The van der Waals surface area contributed by atoms with E-state index in [0.717, 1.165) is 0 Å². The number of phenolic OH excluding ortho intramolecular Hbond substituents is 1. The van der Waals surface area contributed by atoms with Crippen LogP contribution in [0.15, 0.2) is 75.8 Å². The molecule has 3 N–H and O–H groups in total. The van der Waals surface area contributed by atoms with Gasteiger partial charge in [-0.05, 0) is 30.3 Å². The molecule has 2 heterocycles. The van der Waals surface area contributed by atoms with Crippen molar-refractivity contribution in [2.24, 2.45) is 0 Å². The van der Waals surface area contributed by atoms with Crippen molar-refractivity contribution in [3.8, 4) is 5.75 Å². The van der Waals surface area contributed by atoms with Crippen LogP contribution in [0.3, 0.4) is 0 Å². The number of rotatable bonds is 9. The van der Waals surface area contributed by atoms with Crippen molar-refractivity contribution < 1.29 is 33.6 Å². The molecule has 0 saturated carbocycles. The molecule has 0 radical (unpaired) electrons. The molecule has 9 heteroatoms. The normalized spacial score (nSPS) is 17.7. The zero-order chi connectivity index (χ0) is 23.9. The average Bonchev–Trinajstić information content (AvgIpc) is 2.85. The number of allylic oxidation sites excluding steroid dienone is 1. The minimum Gasteiger partial charge on any atom is -0.506 e. The standard InChI is InChI=1S/C25H25NO8/c27-9-10-31-11-12-32-23-14-16(18-15-33-21-8-4-1-5-17(21)24(18)29)13-22(34-23)25(30)26-19-6-2-3-7-20(19)28/h1-8,13,15-16,23,27-28H,9-12,14H2,(H,26,30). The van der Waals surface area contributed by atoms with Crippen LogP contribution in [-0.4, -0.2) is 48.8 Å². The molecule has 9 nitrogen and oxygen atoms in total. The van der Waals surface area contributed by atoms with Gasteiger partial charge in [-0.1, -0.05) is 24.3 Å². The summed E-state index contributed by atoms with van der Waals surface area (Å²) in [5.41, 5.74) is 0.869. The largest absolute Gasteiger partial charge is 0.506 e. The van der Waals surface area contributed by atoms with Gasteiger partial charge in [-0.25, -0.2) is 0 Å². The maximum Gasteiger partial charge on any atom is 0.290 e. The second kappa shape index (κ2) is 11.0. The maximum absolute atomic E-state index is 13.1. The summed E-state index contributed by atoms with van der Waals surface area (Å²) >= 11 is 0. The Morgan fingerprint density at radius 1 is 1.09 bits per heavy atom. The molecule has 178 valence electrons. The van der Waals surface area contributed by atoms with Gasteiger partial charge in [0, 0.05) is 17.9 Å². The molecule has 1 aliphatic rings. The van der Waals surface area contributed by atoms with E-state index in [-0.39, 0.29) is 55.5 Å². The van der Waals surface area contributed by atoms with Crippen LogP contribution in [0, 0.1) is 0 Å². The summed E-state index contributed by atoms with van der Waals surface area (Å²) in [7, 11) is 0. The lowest BCUT2D eigenvalue weighted by molar-refractivity contribution is -0.148.